The van der Waals surface area contributed by atoms with Crippen LogP contribution < -0.4 is 5.32 Å². The Morgan fingerprint density at radius 2 is 1.48 bits per heavy atom. The highest BCUT2D eigenvalue weighted by Gasteiger charge is 2.16. The van der Waals surface area contributed by atoms with Crippen molar-refractivity contribution in [3.8, 4) is 22.3 Å². The Kier molecular flexibility index (Phi) is 3.74. The predicted octanol–water partition coefficient (Wildman–Crippen LogP) is 4.02. The third-order valence-electron chi connectivity index (χ3n) is 3.99. The van der Waals surface area contributed by atoms with E-state index < -0.39 is 0 Å². The van der Waals surface area contributed by atoms with Crippen LogP contribution in [0.5, 0.6) is 0 Å². The molecule has 0 spiro atoms. The second-order valence-corrected chi connectivity index (χ2v) is 5.73. The van der Waals surface area contributed by atoms with E-state index >= 15 is 0 Å². The van der Waals surface area contributed by atoms with Gasteiger partial charge in [0.15, 0.2) is 5.65 Å². The molecule has 1 N–H and O–H groups in total. The average molecular weight is 328 g/mol. The van der Waals surface area contributed by atoms with Crippen molar-refractivity contribution >= 4 is 17.4 Å². The van der Waals surface area contributed by atoms with E-state index in [1.165, 1.54) is 6.92 Å². The highest BCUT2D eigenvalue weighted by atomic mass is 16.1. The van der Waals surface area contributed by atoms with Crippen molar-refractivity contribution in [2.75, 3.05) is 5.32 Å². The molecule has 4 rings (SSSR count). The Hall–Kier alpha value is -3.47. The molecular weight excluding hydrogens is 312 g/mol. The Bertz CT molecular complexity index is 1040. The number of carbonyl (C=O) groups excluding carboxylic acids is 1. The second kappa shape index (κ2) is 6.20. The zero-order valence-corrected chi connectivity index (χ0v) is 13.7. The molecule has 2 heterocycles. The van der Waals surface area contributed by atoms with Crippen LogP contribution in [0.15, 0.2) is 73.1 Å². The maximum Gasteiger partial charge on any atom is 0.222 e. The number of amides is 1. The number of benzene rings is 2. The van der Waals surface area contributed by atoms with Crippen LogP contribution in [0.25, 0.3) is 27.9 Å². The summed E-state index contributed by atoms with van der Waals surface area (Å²) in [5, 5.41) is 7.37. The first kappa shape index (κ1) is 15.1. The van der Waals surface area contributed by atoms with Gasteiger partial charge in [0.05, 0.1) is 6.20 Å². The first-order chi connectivity index (χ1) is 12.2. The Morgan fingerprint density at radius 1 is 0.880 bits per heavy atom. The molecule has 2 aromatic carbocycles. The number of nitrogens with zero attached hydrogens (tertiary/aromatic N) is 3. The lowest BCUT2D eigenvalue weighted by molar-refractivity contribution is -0.114. The molecule has 122 valence electrons. The summed E-state index contributed by atoms with van der Waals surface area (Å²) in [7, 11) is 0. The van der Waals surface area contributed by atoms with Crippen LogP contribution in [-0.2, 0) is 4.79 Å². The molecule has 4 aromatic rings. The third-order valence-corrected chi connectivity index (χ3v) is 3.99. The minimum absolute atomic E-state index is 0.151. The summed E-state index contributed by atoms with van der Waals surface area (Å²) >= 11 is 0. The summed E-state index contributed by atoms with van der Waals surface area (Å²) in [6.45, 7) is 1.49. The van der Waals surface area contributed by atoms with Gasteiger partial charge in [-0.1, -0.05) is 60.7 Å². The molecule has 5 heteroatoms. The van der Waals surface area contributed by atoms with Crippen molar-refractivity contribution in [3.05, 3.63) is 73.1 Å². The maximum atomic E-state index is 11.7. The first-order valence-corrected chi connectivity index (χ1v) is 7.99. The minimum Gasteiger partial charge on any atom is -0.310 e. The molecule has 0 aliphatic rings. The van der Waals surface area contributed by atoms with Crippen LogP contribution in [0.2, 0.25) is 0 Å². The molecule has 0 aliphatic carbocycles. The molecule has 0 atom stereocenters. The van der Waals surface area contributed by atoms with Gasteiger partial charge in [-0.05, 0) is 11.1 Å². The zero-order valence-electron chi connectivity index (χ0n) is 13.7. The van der Waals surface area contributed by atoms with Gasteiger partial charge in [-0.3, -0.25) is 4.79 Å². The maximum absolute atomic E-state index is 11.7. The first-order valence-electron chi connectivity index (χ1n) is 7.99. The SMILES string of the molecule is CC(=O)Nc1c(-c2ccccc2)cnc2c(-c3ccccc3)cnn12. The Morgan fingerprint density at radius 3 is 2.08 bits per heavy atom. The second-order valence-electron chi connectivity index (χ2n) is 5.73. The van der Waals surface area contributed by atoms with Gasteiger partial charge in [-0.25, -0.2) is 4.98 Å². The molecule has 0 bridgehead atoms. The molecule has 25 heavy (non-hydrogen) atoms. The van der Waals surface area contributed by atoms with E-state index in [1.807, 2.05) is 60.7 Å². The van der Waals surface area contributed by atoms with Crippen molar-refractivity contribution in [2.45, 2.75) is 6.92 Å². The lowest BCUT2D eigenvalue weighted by atomic mass is 10.1. The summed E-state index contributed by atoms with van der Waals surface area (Å²) in [4.78, 5) is 16.4. The van der Waals surface area contributed by atoms with Gasteiger partial charge in [0, 0.05) is 24.2 Å². The molecule has 0 radical (unpaired) electrons. The molecule has 2 aromatic heterocycles. The average Bonchev–Trinajstić information content (AvgIpc) is 3.08. The number of hydrogen-bond acceptors (Lipinski definition) is 3. The fourth-order valence-electron chi connectivity index (χ4n) is 2.87. The van der Waals surface area contributed by atoms with Gasteiger partial charge in [0.2, 0.25) is 5.91 Å². The van der Waals surface area contributed by atoms with Crippen LogP contribution >= 0.6 is 0 Å². The number of nitrogens with one attached hydrogen (secondary N) is 1. The van der Waals surface area contributed by atoms with E-state index in [9.17, 15) is 4.79 Å². The van der Waals surface area contributed by atoms with Crippen LogP contribution in [0, 0.1) is 0 Å². The van der Waals surface area contributed by atoms with Crippen molar-refractivity contribution in [1.29, 1.82) is 0 Å². The molecule has 0 unspecified atom stereocenters. The molecule has 0 saturated heterocycles. The molecule has 0 saturated carbocycles. The van der Waals surface area contributed by atoms with Crippen LogP contribution in [0.1, 0.15) is 6.92 Å². The van der Waals surface area contributed by atoms with Gasteiger partial charge < -0.3 is 5.32 Å². The lowest BCUT2D eigenvalue weighted by Gasteiger charge is -2.12. The van der Waals surface area contributed by atoms with Crippen molar-refractivity contribution < 1.29 is 4.79 Å². The highest BCUT2D eigenvalue weighted by molar-refractivity contribution is 5.94. The Labute approximate surface area is 145 Å². The van der Waals surface area contributed by atoms with Crippen LogP contribution in [0.3, 0.4) is 0 Å². The fraction of sp³-hybridized carbons (Fsp3) is 0.0500. The van der Waals surface area contributed by atoms with Crippen LogP contribution in [-0.4, -0.2) is 20.5 Å². The summed E-state index contributed by atoms with van der Waals surface area (Å²) < 4.78 is 1.69. The van der Waals surface area contributed by atoms with Gasteiger partial charge in [0.25, 0.3) is 0 Å². The van der Waals surface area contributed by atoms with Crippen molar-refractivity contribution in [3.63, 3.8) is 0 Å². The molecule has 0 aliphatic heterocycles. The third kappa shape index (κ3) is 2.76. The van der Waals surface area contributed by atoms with Gasteiger partial charge in [-0.2, -0.15) is 9.61 Å². The summed E-state index contributed by atoms with van der Waals surface area (Å²) in [6, 6.07) is 19.8. The summed E-state index contributed by atoms with van der Waals surface area (Å²) in [6.07, 6.45) is 3.56. The van der Waals surface area contributed by atoms with Gasteiger partial charge >= 0.3 is 0 Å². The predicted molar refractivity (Wildman–Crippen MR) is 98.2 cm³/mol. The van der Waals surface area contributed by atoms with Gasteiger partial charge in [-0.15, -0.1) is 0 Å². The van der Waals surface area contributed by atoms with Crippen molar-refractivity contribution in [2.24, 2.45) is 0 Å². The summed E-state index contributed by atoms with van der Waals surface area (Å²) in [5.41, 5.74) is 4.45. The highest BCUT2D eigenvalue weighted by Crippen LogP contribution is 2.31. The van der Waals surface area contributed by atoms with Crippen molar-refractivity contribution in [1.82, 2.24) is 14.6 Å². The van der Waals surface area contributed by atoms with E-state index in [2.05, 4.69) is 15.4 Å². The lowest BCUT2D eigenvalue weighted by Crippen LogP contribution is -2.12. The molecule has 0 fully saturated rings. The number of carbonyl (C=O) groups is 1. The van der Waals surface area contributed by atoms with E-state index in [1.54, 1.807) is 16.9 Å². The zero-order chi connectivity index (χ0) is 17.2. The standard InChI is InChI=1S/C20H16N4O/c1-14(25)23-20-17(15-8-4-2-5-9-15)12-21-19-18(13-22-24(19)20)16-10-6-3-7-11-16/h2-13H,1H3,(H,23,25). The summed E-state index contributed by atoms with van der Waals surface area (Å²) in [5.74, 6) is 0.465. The Balaban J connectivity index is 1.96. The molecule has 5 nitrogen and oxygen atoms in total. The number of aromatic nitrogens is 3. The minimum atomic E-state index is -0.151. The largest absolute Gasteiger partial charge is 0.310 e. The topological polar surface area (TPSA) is 59.3 Å². The molecule has 1 amide bonds. The quantitative estimate of drug-likeness (QED) is 0.618. The smallest absolute Gasteiger partial charge is 0.222 e. The number of anilines is 1. The number of hydrogen-bond donors (Lipinski definition) is 1. The molecular formula is C20H16N4O. The number of rotatable bonds is 3. The van der Waals surface area contributed by atoms with E-state index in [-0.39, 0.29) is 5.91 Å². The van der Waals surface area contributed by atoms with Crippen LogP contribution in [0.4, 0.5) is 5.82 Å². The number of fused-ring (bicyclic) bond motifs is 1. The fourth-order valence-corrected chi connectivity index (χ4v) is 2.87. The monoisotopic (exact) mass is 328 g/mol. The van der Waals surface area contributed by atoms with Gasteiger partial charge in [0.1, 0.15) is 5.82 Å². The normalized spacial score (nSPS) is 10.8. The van der Waals surface area contributed by atoms with E-state index in [0.29, 0.717) is 11.5 Å². The van der Waals surface area contributed by atoms with E-state index in [4.69, 9.17) is 0 Å². The van der Waals surface area contributed by atoms with E-state index in [0.717, 1.165) is 22.3 Å².